The molecule has 4 nitrogen and oxygen atoms in total. The molecule has 88 valence electrons. The number of nitrogens with zero attached hydrogens (tertiary/aromatic N) is 3. The highest BCUT2D eigenvalue weighted by Crippen LogP contribution is 2.26. The van der Waals surface area contributed by atoms with E-state index in [-0.39, 0.29) is 0 Å². The Morgan fingerprint density at radius 1 is 1.24 bits per heavy atom. The zero-order chi connectivity index (χ0) is 12.3. The molecule has 0 atom stereocenters. The van der Waals surface area contributed by atoms with Gasteiger partial charge in [0.15, 0.2) is 5.82 Å². The highest BCUT2D eigenvalue weighted by molar-refractivity contribution is 9.10. The number of hydrogen-bond acceptors (Lipinski definition) is 4. The van der Waals surface area contributed by atoms with Crippen molar-refractivity contribution in [3.63, 3.8) is 0 Å². The van der Waals surface area contributed by atoms with Crippen LogP contribution in [0.3, 0.4) is 0 Å². The van der Waals surface area contributed by atoms with Crippen molar-refractivity contribution >= 4 is 21.7 Å². The molecule has 0 amide bonds. The molecular formula is C12H13BrN4. The Hall–Kier alpha value is -1.49. The molecule has 0 fully saturated rings. The van der Waals surface area contributed by atoms with Gasteiger partial charge in [0.25, 0.3) is 0 Å². The van der Waals surface area contributed by atoms with Crippen LogP contribution in [0.25, 0.3) is 11.4 Å². The summed E-state index contributed by atoms with van der Waals surface area (Å²) in [5.74, 6) is 1.53. The maximum Gasteiger partial charge on any atom is 0.161 e. The summed E-state index contributed by atoms with van der Waals surface area (Å²) in [6.45, 7) is 2.07. The minimum atomic E-state index is 0.719. The zero-order valence-electron chi connectivity index (χ0n) is 9.74. The molecule has 2 rings (SSSR count). The first-order chi connectivity index (χ1) is 8.26. The highest BCUT2D eigenvalue weighted by Gasteiger charge is 2.11. The Labute approximate surface area is 109 Å². The van der Waals surface area contributed by atoms with Gasteiger partial charge in [-0.2, -0.15) is 0 Å². The van der Waals surface area contributed by atoms with Gasteiger partial charge in [-0.15, -0.1) is 0 Å². The lowest BCUT2D eigenvalue weighted by Gasteiger charge is -2.09. The Balaban J connectivity index is 2.56. The van der Waals surface area contributed by atoms with Crippen molar-refractivity contribution in [3.8, 4) is 11.4 Å². The molecular weight excluding hydrogens is 280 g/mol. The fourth-order valence-electron chi connectivity index (χ4n) is 1.52. The first kappa shape index (κ1) is 12.0. The van der Waals surface area contributed by atoms with Crippen molar-refractivity contribution in [2.75, 3.05) is 12.4 Å². The number of nitrogens with one attached hydrogen (secondary N) is 1. The number of aromatic nitrogens is 3. The topological polar surface area (TPSA) is 50.7 Å². The van der Waals surface area contributed by atoms with E-state index in [4.69, 9.17) is 0 Å². The quantitative estimate of drug-likeness (QED) is 0.945. The number of aryl methyl sites for hydroxylation is 1. The number of rotatable bonds is 3. The van der Waals surface area contributed by atoms with Crippen molar-refractivity contribution in [3.05, 3.63) is 34.7 Å². The van der Waals surface area contributed by atoms with Crippen LogP contribution < -0.4 is 5.32 Å². The number of hydrogen-bond donors (Lipinski definition) is 1. The van der Waals surface area contributed by atoms with Gasteiger partial charge in [0, 0.05) is 25.0 Å². The van der Waals surface area contributed by atoms with Gasteiger partial charge in [-0.25, -0.2) is 9.97 Å². The maximum absolute atomic E-state index is 4.54. The van der Waals surface area contributed by atoms with E-state index in [1.165, 1.54) is 0 Å². The molecule has 5 heteroatoms. The minimum Gasteiger partial charge on any atom is -0.372 e. The van der Waals surface area contributed by atoms with Crippen molar-refractivity contribution in [1.29, 1.82) is 0 Å². The molecule has 0 spiro atoms. The van der Waals surface area contributed by atoms with Gasteiger partial charge in [0.2, 0.25) is 0 Å². The third-order valence-corrected chi connectivity index (χ3v) is 3.26. The predicted octanol–water partition coefficient (Wildman–Crippen LogP) is 2.91. The average molecular weight is 293 g/mol. The van der Waals surface area contributed by atoms with Crippen LogP contribution in [0, 0.1) is 0 Å². The van der Waals surface area contributed by atoms with E-state index in [0.717, 1.165) is 33.8 Å². The molecule has 0 unspecified atom stereocenters. The van der Waals surface area contributed by atoms with Gasteiger partial charge >= 0.3 is 0 Å². The minimum absolute atomic E-state index is 0.719. The van der Waals surface area contributed by atoms with Crippen molar-refractivity contribution < 1.29 is 0 Å². The number of halogens is 1. The standard InChI is InChI=1S/C12H13BrN4/c1-3-9-10(13)12(14-2)17-11(16-9)8-4-6-15-7-5-8/h4-7H,3H2,1-2H3,(H,14,16,17). The molecule has 0 aliphatic carbocycles. The lowest BCUT2D eigenvalue weighted by molar-refractivity contribution is 0.991. The molecule has 1 N–H and O–H groups in total. The van der Waals surface area contributed by atoms with E-state index < -0.39 is 0 Å². The molecule has 17 heavy (non-hydrogen) atoms. The summed E-state index contributed by atoms with van der Waals surface area (Å²) < 4.78 is 0.931. The van der Waals surface area contributed by atoms with Gasteiger partial charge in [-0.3, -0.25) is 4.98 Å². The van der Waals surface area contributed by atoms with E-state index in [0.29, 0.717) is 0 Å². The lowest BCUT2D eigenvalue weighted by Crippen LogP contribution is -2.02. The van der Waals surface area contributed by atoms with Crippen LogP contribution in [0.15, 0.2) is 29.0 Å². The maximum atomic E-state index is 4.54. The van der Waals surface area contributed by atoms with Crippen LogP contribution in [0.2, 0.25) is 0 Å². The predicted molar refractivity (Wildman–Crippen MR) is 71.9 cm³/mol. The monoisotopic (exact) mass is 292 g/mol. The molecule has 2 aromatic rings. The summed E-state index contributed by atoms with van der Waals surface area (Å²) >= 11 is 3.51. The third-order valence-electron chi connectivity index (χ3n) is 2.43. The van der Waals surface area contributed by atoms with E-state index in [9.17, 15) is 0 Å². The lowest BCUT2D eigenvalue weighted by atomic mass is 10.2. The summed E-state index contributed by atoms with van der Waals surface area (Å²) in [7, 11) is 1.85. The first-order valence-corrected chi connectivity index (χ1v) is 6.20. The average Bonchev–Trinajstić information content (AvgIpc) is 2.40. The summed E-state index contributed by atoms with van der Waals surface area (Å²) in [4.78, 5) is 13.0. The molecule has 0 aliphatic heterocycles. The Morgan fingerprint density at radius 2 is 1.94 bits per heavy atom. The summed E-state index contributed by atoms with van der Waals surface area (Å²) in [6, 6.07) is 3.81. The van der Waals surface area contributed by atoms with E-state index in [1.807, 2.05) is 19.2 Å². The fraction of sp³-hybridized carbons (Fsp3) is 0.250. The largest absolute Gasteiger partial charge is 0.372 e. The van der Waals surface area contributed by atoms with E-state index in [2.05, 4.69) is 43.1 Å². The molecule has 2 aromatic heterocycles. The van der Waals surface area contributed by atoms with Crippen molar-refractivity contribution in [1.82, 2.24) is 15.0 Å². The molecule has 0 saturated heterocycles. The second-order valence-electron chi connectivity index (χ2n) is 3.50. The first-order valence-electron chi connectivity index (χ1n) is 5.40. The van der Waals surface area contributed by atoms with Gasteiger partial charge in [0.05, 0.1) is 10.2 Å². The van der Waals surface area contributed by atoms with Gasteiger partial charge in [0.1, 0.15) is 5.82 Å². The highest BCUT2D eigenvalue weighted by atomic mass is 79.9. The van der Waals surface area contributed by atoms with E-state index >= 15 is 0 Å². The summed E-state index contributed by atoms with van der Waals surface area (Å²) in [5.41, 5.74) is 1.97. The molecule has 0 aliphatic rings. The summed E-state index contributed by atoms with van der Waals surface area (Å²) in [6.07, 6.45) is 4.34. The Morgan fingerprint density at radius 3 is 2.53 bits per heavy atom. The zero-order valence-corrected chi connectivity index (χ0v) is 11.3. The van der Waals surface area contributed by atoms with Crippen molar-refractivity contribution in [2.24, 2.45) is 0 Å². The van der Waals surface area contributed by atoms with Crippen LogP contribution in [-0.4, -0.2) is 22.0 Å². The smallest absolute Gasteiger partial charge is 0.161 e. The number of anilines is 1. The fourth-order valence-corrected chi connectivity index (χ4v) is 2.18. The molecule has 0 bridgehead atoms. The van der Waals surface area contributed by atoms with Gasteiger partial charge < -0.3 is 5.32 Å². The molecule has 0 saturated carbocycles. The van der Waals surface area contributed by atoms with Crippen LogP contribution >= 0.6 is 15.9 Å². The van der Waals surface area contributed by atoms with Crippen LogP contribution in [0.4, 0.5) is 5.82 Å². The van der Waals surface area contributed by atoms with Crippen LogP contribution in [0.5, 0.6) is 0 Å². The Bertz CT molecular complexity index is 488. The van der Waals surface area contributed by atoms with E-state index in [1.54, 1.807) is 12.4 Å². The third kappa shape index (κ3) is 2.44. The molecule has 0 aromatic carbocycles. The molecule has 0 radical (unpaired) electrons. The normalized spacial score (nSPS) is 10.3. The van der Waals surface area contributed by atoms with Gasteiger partial charge in [-0.05, 0) is 34.5 Å². The second kappa shape index (κ2) is 5.23. The second-order valence-corrected chi connectivity index (χ2v) is 4.29. The van der Waals surface area contributed by atoms with Crippen LogP contribution in [-0.2, 0) is 6.42 Å². The van der Waals surface area contributed by atoms with Crippen LogP contribution in [0.1, 0.15) is 12.6 Å². The number of pyridine rings is 1. The Kier molecular flexibility index (Phi) is 3.68. The molecule has 2 heterocycles. The van der Waals surface area contributed by atoms with Crippen molar-refractivity contribution in [2.45, 2.75) is 13.3 Å². The SMILES string of the molecule is CCc1nc(-c2ccncc2)nc(NC)c1Br. The van der Waals surface area contributed by atoms with Gasteiger partial charge in [-0.1, -0.05) is 6.92 Å². The summed E-state index contributed by atoms with van der Waals surface area (Å²) in [5, 5.41) is 3.07.